The second kappa shape index (κ2) is 7.92. The Morgan fingerprint density at radius 2 is 1.05 bits per heavy atom. The first-order chi connectivity index (χ1) is 20.1. The summed E-state index contributed by atoms with van der Waals surface area (Å²) in [4.78, 5) is 10.8. The Bertz CT molecular complexity index is 2340. The smallest absolute Gasteiger partial charge is 0.166 e. The molecular formula is C37H26N4. The van der Waals surface area contributed by atoms with E-state index in [0.29, 0.717) is 0 Å². The third kappa shape index (κ3) is 2.94. The van der Waals surface area contributed by atoms with Gasteiger partial charge in [-0.05, 0) is 58.7 Å². The third-order valence-corrected chi connectivity index (χ3v) is 8.92. The molecule has 4 heteroatoms. The van der Waals surface area contributed by atoms with E-state index in [0.717, 1.165) is 55.5 Å². The van der Waals surface area contributed by atoms with Crippen LogP contribution in [0.5, 0.6) is 0 Å². The van der Waals surface area contributed by atoms with Crippen LogP contribution in [0.1, 0.15) is 25.0 Å². The summed E-state index contributed by atoms with van der Waals surface area (Å²) in [5, 5.41) is 2.21. The van der Waals surface area contributed by atoms with Gasteiger partial charge in [0.25, 0.3) is 0 Å². The summed E-state index contributed by atoms with van der Waals surface area (Å²) in [6, 6.07) is 43.1. The molecule has 0 saturated heterocycles. The van der Waals surface area contributed by atoms with Gasteiger partial charge in [0.2, 0.25) is 0 Å². The van der Waals surface area contributed by atoms with E-state index in [2.05, 4.69) is 138 Å². The zero-order valence-electron chi connectivity index (χ0n) is 22.8. The van der Waals surface area contributed by atoms with Gasteiger partial charge in [-0.3, -0.25) is 9.13 Å². The van der Waals surface area contributed by atoms with Gasteiger partial charge in [0.05, 0.1) is 11.0 Å². The SMILES string of the molecule is CC1(C)c2ccccc2-c2ccc(-n3c4ccccc4c4nc5c6ccccc6n(-c6ccccc6)c5nc43)cc21. The van der Waals surface area contributed by atoms with Crippen LogP contribution < -0.4 is 0 Å². The van der Waals surface area contributed by atoms with Crippen molar-refractivity contribution in [3.8, 4) is 22.5 Å². The topological polar surface area (TPSA) is 35.6 Å². The number of rotatable bonds is 2. The van der Waals surface area contributed by atoms with Crippen molar-refractivity contribution >= 4 is 44.1 Å². The zero-order valence-corrected chi connectivity index (χ0v) is 22.8. The first-order valence-corrected chi connectivity index (χ1v) is 14.1. The number of nitrogens with zero attached hydrogens (tertiary/aromatic N) is 4. The summed E-state index contributed by atoms with van der Waals surface area (Å²) >= 11 is 0. The highest BCUT2D eigenvalue weighted by molar-refractivity contribution is 6.12. The highest BCUT2D eigenvalue weighted by atomic mass is 15.1. The molecule has 41 heavy (non-hydrogen) atoms. The molecule has 0 saturated carbocycles. The highest BCUT2D eigenvalue weighted by Crippen LogP contribution is 2.49. The van der Waals surface area contributed by atoms with Crippen LogP contribution in [0.2, 0.25) is 0 Å². The van der Waals surface area contributed by atoms with Gasteiger partial charge in [0, 0.05) is 27.6 Å². The Hall–Kier alpha value is -5.22. The minimum atomic E-state index is -0.0840. The van der Waals surface area contributed by atoms with Crippen LogP contribution in [0.15, 0.2) is 121 Å². The summed E-state index contributed by atoms with van der Waals surface area (Å²) in [6.45, 7) is 4.66. The fourth-order valence-electron chi connectivity index (χ4n) is 6.99. The average Bonchev–Trinajstić information content (AvgIpc) is 3.60. The molecule has 194 valence electrons. The lowest BCUT2D eigenvalue weighted by Gasteiger charge is -2.22. The van der Waals surface area contributed by atoms with E-state index in [-0.39, 0.29) is 5.41 Å². The summed E-state index contributed by atoms with van der Waals surface area (Å²) < 4.78 is 4.53. The van der Waals surface area contributed by atoms with Gasteiger partial charge in [0.1, 0.15) is 11.0 Å². The van der Waals surface area contributed by atoms with Crippen molar-refractivity contribution < 1.29 is 0 Å². The molecule has 3 aromatic heterocycles. The summed E-state index contributed by atoms with van der Waals surface area (Å²) in [7, 11) is 0. The maximum Gasteiger partial charge on any atom is 0.166 e. The first kappa shape index (κ1) is 22.6. The minimum absolute atomic E-state index is 0.0840. The summed E-state index contributed by atoms with van der Waals surface area (Å²) in [5.74, 6) is 0. The summed E-state index contributed by atoms with van der Waals surface area (Å²) in [6.07, 6.45) is 0. The molecule has 0 amide bonds. The van der Waals surface area contributed by atoms with E-state index in [4.69, 9.17) is 9.97 Å². The van der Waals surface area contributed by atoms with Crippen LogP contribution in [0.4, 0.5) is 0 Å². The van der Waals surface area contributed by atoms with Crippen molar-refractivity contribution in [2.24, 2.45) is 0 Å². The minimum Gasteiger partial charge on any atom is -0.292 e. The second-order valence-electron chi connectivity index (χ2n) is 11.5. The number of hydrogen-bond donors (Lipinski definition) is 0. The Morgan fingerprint density at radius 3 is 1.76 bits per heavy atom. The van der Waals surface area contributed by atoms with Gasteiger partial charge in [0.15, 0.2) is 11.3 Å². The summed E-state index contributed by atoms with van der Waals surface area (Å²) in [5.41, 5.74) is 13.2. The zero-order chi connectivity index (χ0) is 27.3. The number of para-hydroxylation sites is 3. The van der Waals surface area contributed by atoms with E-state index in [1.165, 1.54) is 22.3 Å². The van der Waals surface area contributed by atoms with Crippen molar-refractivity contribution in [3.05, 3.63) is 132 Å². The molecule has 0 unspecified atom stereocenters. The molecule has 0 bridgehead atoms. The van der Waals surface area contributed by atoms with Crippen molar-refractivity contribution in [1.82, 2.24) is 19.1 Å². The molecule has 1 aliphatic rings. The van der Waals surface area contributed by atoms with Crippen LogP contribution in [0.25, 0.3) is 66.6 Å². The molecule has 1 aliphatic carbocycles. The Morgan fingerprint density at radius 1 is 0.488 bits per heavy atom. The fourth-order valence-corrected chi connectivity index (χ4v) is 6.99. The maximum atomic E-state index is 5.44. The van der Waals surface area contributed by atoms with Gasteiger partial charge >= 0.3 is 0 Å². The molecule has 5 aromatic carbocycles. The molecule has 0 aliphatic heterocycles. The molecule has 0 spiro atoms. The normalized spacial score (nSPS) is 13.8. The highest BCUT2D eigenvalue weighted by Gasteiger charge is 2.35. The van der Waals surface area contributed by atoms with Gasteiger partial charge in [-0.2, -0.15) is 0 Å². The lowest BCUT2D eigenvalue weighted by atomic mass is 9.82. The van der Waals surface area contributed by atoms with Crippen molar-refractivity contribution in [2.45, 2.75) is 19.3 Å². The van der Waals surface area contributed by atoms with E-state index >= 15 is 0 Å². The monoisotopic (exact) mass is 526 g/mol. The van der Waals surface area contributed by atoms with E-state index in [1.807, 2.05) is 6.07 Å². The maximum absolute atomic E-state index is 5.44. The lowest BCUT2D eigenvalue weighted by Crippen LogP contribution is -2.15. The van der Waals surface area contributed by atoms with Gasteiger partial charge in [-0.25, -0.2) is 9.97 Å². The van der Waals surface area contributed by atoms with E-state index < -0.39 is 0 Å². The van der Waals surface area contributed by atoms with Crippen molar-refractivity contribution in [1.29, 1.82) is 0 Å². The fraction of sp³-hybridized carbons (Fsp3) is 0.0811. The van der Waals surface area contributed by atoms with Crippen LogP contribution >= 0.6 is 0 Å². The first-order valence-electron chi connectivity index (χ1n) is 14.1. The Kier molecular flexibility index (Phi) is 4.36. The number of benzene rings is 5. The molecule has 3 heterocycles. The molecule has 0 atom stereocenters. The standard InChI is InChI=1S/C37H26N4/c1-37(2)29-17-9-6-14-25(29)26-21-20-24(22-30(26)37)41-32-19-11-8-16-28(32)34-36(41)39-35-33(38-34)27-15-7-10-18-31(27)40(35)23-12-4-3-5-13-23/h3-22H,1-2H3. The lowest BCUT2D eigenvalue weighted by molar-refractivity contribution is 0.660. The number of fused-ring (bicyclic) bond motifs is 9. The molecule has 0 fully saturated rings. The van der Waals surface area contributed by atoms with Crippen molar-refractivity contribution in [3.63, 3.8) is 0 Å². The molecule has 4 nitrogen and oxygen atoms in total. The van der Waals surface area contributed by atoms with E-state index in [1.54, 1.807) is 0 Å². The average molecular weight is 527 g/mol. The van der Waals surface area contributed by atoms with Gasteiger partial charge in [-0.15, -0.1) is 0 Å². The van der Waals surface area contributed by atoms with Gasteiger partial charge in [-0.1, -0.05) is 98.8 Å². The number of hydrogen-bond acceptors (Lipinski definition) is 2. The number of aromatic nitrogens is 4. The van der Waals surface area contributed by atoms with Gasteiger partial charge < -0.3 is 0 Å². The van der Waals surface area contributed by atoms with Crippen LogP contribution in [-0.4, -0.2) is 19.1 Å². The largest absolute Gasteiger partial charge is 0.292 e. The Labute approximate surface area is 237 Å². The van der Waals surface area contributed by atoms with Crippen molar-refractivity contribution in [2.75, 3.05) is 0 Å². The molecular weight excluding hydrogens is 500 g/mol. The second-order valence-corrected chi connectivity index (χ2v) is 11.5. The molecule has 0 radical (unpaired) electrons. The molecule has 0 N–H and O–H groups in total. The quantitative estimate of drug-likeness (QED) is 0.225. The molecule has 8 aromatic rings. The van der Waals surface area contributed by atoms with Crippen LogP contribution in [0, 0.1) is 0 Å². The van der Waals surface area contributed by atoms with E-state index in [9.17, 15) is 0 Å². The molecule has 9 rings (SSSR count). The third-order valence-electron chi connectivity index (χ3n) is 8.92. The van der Waals surface area contributed by atoms with Crippen LogP contribution in [-0.2, 0) is 5.41 Å². The van der Waals surface area contributed by atoms with Crippen LogP contribution in [0.3, 0.4) is 0 Å². The predicted molar refractivity (Wildman–Crippen MR) is 168 cm³/mol. The predicted octanol–water partition coefficient (Wildman–Crippen LogP) is 8.98. The Balaban J connectivity index is 1.39.